The third-order valence-electron chi connectivity index (χ3n) is 6.43. The maximum atomic E-state index is 5.49. The molecule has 0 N–H and O–H groups in total. The highest BCUT2D eigenvalue weighted by Crippen LogP contribution is 2.50. The maximum absolute atomic E-state index is 5.49. The van der Waals surface area contributed by atoms with E-state index in [1.54, 1.807) is 25.5 Å². The Labute approximate surface area is 171 Å². The minimum Gasteiger partial charge on any atom is -0.493 e. The largest absolute Gasteiger partial charge is 0.493 e. The van der Waals surface area contributed by atoms with Gasteiger partial charge in [-0.3, -0.25) is 4.90 Å². The van der Waals surface area contributed by atoms with Crippen molar-refractivity contribution in [1.29, 1.82) is 0 Å². The molecule has 28 heavy (non-hydrogen) atoms. The van der Waals surface area contributed by atoms with E-state index >= 15 is 0 Å². The number of anilines is 1. The van der Waals surface area contributed by atoms with Crippen LogP contribution >= 0.6 is 11.8 Å². The molecule has 3 aliphatic heterocycles. The smallest absolute Gasteiger partial charge is 0.161 e. The van der Waals surface area contributed by atoms with E-state index in [9.17, 15) is 0 Å². The fourth-order valence-electron chi connectivity index (χ4n) is 5.19. The lowest BCUT2D eigenvalue weighted by molar-refractivity contribution is 0.186. The van der Waals surface area contributed by atoms with Crippen molar-refractivity contribution in [2.75, 3.05) is 44.5 Å². The van der Waals surface area contributed by atoms with Crippen molar-refractivity contribution in [2.45, 2.75) is 36.2 Å². The van der Waals surface area contributed by atoms with Crippen molar-refractivity contribution < 1.29 is 9.47 Å². The zero-order valence-corrected chi connectivity index (χ0v) is 17.5. The summed E-state index contributed by atoms with van der Waals surface area (Å²) in [6, 6.07) is 13.9. The standard InChI is InChI=1S/C23H28N2O2S/c1-26-20-8-7-16(13-21(20)27-2)14-24-11-9-19-18(15-24)17-5-3-6-22-23(17)25(19)10-4-12-28-22/h3,5-8,13,18-19H,4,9-12,14-15H2,1-2H3. The van der Waals surface area contributed by atoms with E-state index in [1.807, 2.05) is 17.8 Å². The number of thioether (sulfide) groups is 1. The van der Waals surface area contributed by atoms with Crippen LogP contribution in [0.15, 0.2) is 41.3 Å². The molecule has 1 fully saturated rings. The van der Waals surface area contributed by atoms with Gasteiger partial charge in [0.1, 0.15) is 0 Å². The Hall–Kier alpha value is -1.85. The number of nitrogens with zero attached hydrogens (tertiary/aromatic N) is 2. The lowest BCUT2D eigenvalue weighted by Crippen LogP contribution is -2.46. The van der Waals surface area contributed by atoms with E-state index in [-0.39, 0.29) is 0 Å². The first kappa shape index (κ1) is 18.2. The first-order valence-corrected chi connectivity index (χ1v) is 11.2. The molecule has 0 aliphatic carbocycles. The number of para-hydroxylation sites is 1. The molecular formula is C23H28N2O2S. The average Bonchev–Trinajstić information content (AvgIpc) is 2.89. The summed E-state index contributed by atoms with van der Waals surface area (Å²) in [4.78, 5) is 6.85. The van der Waals surface area contributed by atoms with E-state index in [0.717, 1.165) is 31.1 Å². The Balaban J connectivity index is 1.38. The average molecular weight is 397 g/mol. The molecule has 5 heteroatoms. The fourth-order valence-corrected chi connectivity index (χ4v) is 6.23. The van der Waals surface area contributed by atoms with Crippen molar-refractivity contribution >= 4 is 17.4 Å². The first-order valence-electron chi connectivity index (χ1n) is 10.2. The fraction of sp³-hybridized carbons (Fsp3) is 0.478. The molecule has 0 bridgehead atoms. The van der Waals surface area contributed by atoms with E-state index in [1.165, 1.54) is 35.6 Å². The molecule has 4 nitrogen and oxygen atoms in total. The SMILES string of the molecule is COc1ccc(CN2CCC3C(C2)c2cccc4c2N3CCCS4)cc1OC. The Kier molecular flexibility index (Phi) is 4.89. The highest BCUT2D eigenvalue weighted by Gasteiger charge is 2.43. The topological polar surface area (TPSA) is 24.9 Å². The predicted octanol–water partition coefficient (Wildman–Crippen LogP) is 4.38. The van der Waals surface area contributed by atoms with Gasteiger partial charge in [0, 0.05) is 43.0 Å². The van der Waals surface area contributed by atoms with Crippen molar-refractivity contribution in [3.63, 3.8) is 0 Å². The van der Waals surface area contributed by atoms with Crippen molar-refractivity contribution in [1.82, 2.24) is 4.90 Å². The summed E-state index contributed by atoms with van der Waals surface area (Å²) in [7, 11) is 3.39. The zero-order valence-electron chi connectivity index (χ0n) is 16.7. The summed E-state index contributed by atoms with van der Waals surface area (Å²) < 4.78 is 10.9. The van der Waals surface area contributed by atoms with Crippen LogP contribution in [0.1, 0.15) is 29.9 Å². The lowest BCUT2D eigenvalue weighted by atomic mass is 9.89. The van der Waals surface area contributed by atoms with E-state index < -0.39 is 0 Å². The Morgan fingerprint density at radius 2 is 1.96 bits per heavy atom. The van der Waals surface area contributed by atoms with Gasteiger partial charge < -0.3 is 14.4 Å². The number of piperidine rings is 1. The molecule has 0 saturated carbocycles. The molecule has 2 unspecified atom stereocenters. The van der Waals surface area contributed by atoms with Gasteiger partial charge in [0.15, 0.2) is 11.5 Å². The van der Waals surface area contributed by atoms with Crippen LogP contribution in [0.4, 0.5) is 5.69 Å². The van der Waals surface area contributed by atoms with Crippen molar-refractivity contribution in [2.24, 2.45) is 0 Å². The quantitative estimate of drug-likeness (QED) is 0.764. The van der Waals surface area contributed by atoms with Gasteiger partial charge >= 0.3 is 0 Å². The molecule has 148 valence electrons. The van der Waals surface area contributed by atoms with Crippen LogP contribution in [-0.4, -0.2) is 50.5 Å². The second-order valence-electron chi connectivity index (χ2n) is 7.98. The summed E-state index contributed by atoms with van der Waals surface area (Å²) in [5, 5.41) is 0. The first-order chi connectivity index (χ1) is 13.8. The van der Waals surface area contributed by atoms with Gasteiger partial charge in [0.2, 0.25) is 0 Å². The normalized spacial score (nSPS) is 23.7. The van der Waals surface area contributed by atoms with Crippen LogP contribution in [0.3, 0.4) is 0 Å². The number of methoxy groups -OCH3 is 2. The van der Waals surface area contributed by atoms with Gasteiger partial charge in [-0.15, -0.1) is 11.8 Å². The summed E-state index contributed by atoms with van der Waals surface area (Å²) in [6.45, 7) is 4.47. The monoisotopic (exact) mass is 396 g/mol. The third-order valence-corrected chi connectivity index (χ3v) is 7.57. The highest BCUT2D eigenvalue weighted by molar-refractivity contribution is 7.99. The minimum absolute atomic E-state index is 0.627. The van der Waals surface area contributed by atoms with Crippen LogP contribution in [0, 0.1) is 0 Å². The van der Waals surface area contributed by atoms with Crippen LogP contribution in [0.2, 0.25) is 0 Å². The van der Waals surface area contributed by atoms with E-state index in [4.69, 9.17) is 9.47 Å². The summed E-state index contributed by atoms with van der Waals surface area (Å²) in [5.74, 6) is 3.49. The van der Waals surface area contributed by atoms with E-state index in [2.05, 4.69) is 40.1 Å². The predicted molar refractivity (Wildman–Crippen MR) is 115 cm³/mol. The second kappa shape index (κ2) is 7.53. The van der Waals surface area contributed by atoms with Crippen molar-refractivity contribution in [3.8, 4) is 11.5 Å². The maximum Gasteiger partial charge on any atom is 0.161 e. The Morgan fingerprint density at radius 1 is 1.07 bits per heavy atom. The molecular weight excluding hydrogens is 368 g/mol. The van der Waals surface area contributed by atoms with Gasteiger partial charge in [-0.2, -0.15) is 0 Å². The number of rotatable bonds is 4. The van der Waals surface area contributed by atoms with Crippen LogP contribution < -0.4 is 14.4 Å². The molecule has 2 aromatic carbocycles. The van der Waals surface area contributed by atoms with Crippen LogP contribution in [-0.2, 0) is 6.54 Å². The number of ether oxygens (including phenoxy) is 2. The second-order valence-corrected chi connectivity index (χ2v) is 9.11. The molecule has 3 heterocycles. The number of hydrogen-bond acceptors (Lipinski definition) is 5. The summed E-state index contributed by atoms with van der Waals surface area (Å²) >= 11 is 2.04. The Bertz CT molecular complexity index is 872. The molecule has 0 radical (unpaired) electrons. The molecule has 1 saturated heterocycles. The zero-order chi connectivity index (χ0) is 19.1. The molecule has 5 rings (SSSR count). The molecule has 0 amide bonds. The molecule has 0 aromatic heterocycles. The van der Waals surface area contributed by atoms with Crippen molar-refractivity contribution in [3.05, 3.63) is 47.5 Å². The minimum atomic E-state index is 0.627. The Morgan fingerprint density at radius 3 is 2.82 bits per heavy atom. The highest BCUT2D eigenvalue weighted by atomic mass is 32.2. The molecule has 2 aromatic rings. The van der Waals surface area contributed by atoms with E-state index in [0.29, 0.717) is 12.0 Å². The molecule has 0 spiro atoms. The van der Waals surface area contributed by atoms with Gasteiger partial charge in [-0.1, -0.05) is 18.2 Å². The third kappa shape index (κ3) is 3.05. The lowest BCUT2D eigenvalue weighted by Gasteiger charge is -2.39. The molecule has 2 atom stereocenters. The number of benzene rings is 2. The summed E-state index contributed by atoms with van der Waals surface area (Å²) in [6.07, 6.45) is 2.54. The molecule has 3 aliphatic rings. The van der Waals surface area contributed by atoms with Gasteiger partial charge in [-0.25, -0.2) is 0 Å². The number of fused-ring (bicyclic) bond motifs is 3. The number of likely N-dealkylation sites (tertiary alicyclic amines) is 1. The van der Waals surface area contributed by atoms with Gasteiger partial charge in [0.05, 0.1) is 19.9 Å². The number of hydrogen-bond donors (Lipinski definition) is 0. The van der Waals surface area contributed by atoms with Crippen LogP contribution in [0.5, 0.6) is 11.5 Å². The van der Waals surface area contributed by atoms with Crippen LogP contribution in [0.25, 0.3) is 0 Å². The van der Waals surface area contributed by atoms with Gasteiger partial charge in [-0.05, 0) is 47.9 Å². The summed E-state index contributed by atoms with van der Waals surface area (Å²) in [5.41, 5.74) is 4.42. The van der Waals surface area contributed by atoms with Gasteiger partial charge in [0.25, 0.3) is 0 Å².